The molecule has 1 aromatic heterocycles. The highest BCUT2D eigenvalue weighted by atomic mass is 32.2. The molecular weight excluding hydrogens is 376 g/mol. The van der Waals surface area contributed by atoms with Crippen molar-refractivity contribution >= 4 is 21.7 Å². The van der Waals surface area contributed by atoms with Crippen LogP contribution in [0.2, 0.25) is 0 Å². The van der Waals surface area contributed by atoms with Crippen molar-refractivity contribution in [3.63, 3.8) is 0 Å². The summed E-state index contributed by atoms with van der Waals surface area (Å²) in [6, 6.07) is 6.67. The van der Waals surface area contributed by atoms with E-state index in [0.717, 1.165) is 25.7 Å². The topological polar surface area (TPSA) is 93.1 Å². The predicted octanol–water partition coefficient (Wildman–Crippen LogP) is 3.64. The van der Waals surface area contributed by atoms with E-state index in [4.69, 9.17) is 0 Å². The standard InChI is InChI=1S/C20H28N4O3S/c1-14-9-10-16(28(26,27)23-20(2,3)4)13-17(14)19(25)22-18-11-12-21-24(18)15-7-5-6-8-15/h9-13,15,23H,5-8H2,1-4H3,(H,22,25). The molecule has 0 atom stereocenters. The molecule has 0 spiro atoms. The minimum absolute atomic E-state index is 0.0717. The molecule has 8 heteroatoms. The number of rotatable bonds is 5. The highest BCUT2D eigenvalue weighted by Crippen LogP contribution is 2.31. The highest BCUT2D eigenvalue weighted by molar-refractivity contribution is 7.89. The zero-order valence-electron chi connectivity index (χ0n) is 16.8. The molecule has 1 saturated carbocycles. The van der Waals surface area contributed by atoms with Crippen LogP contribution in [-0.4, -0.2) is 29.6 Å². The van der Waals surface area contributed by atoms with Crippen LogP contribution in [0.15, 0.2) is 35.4 Å². The molecule has 0 bridgehead atoms. The van der Waals surface area contributed by atoms with E-state index in [1.807, 2.05) is 4.68 Å². The minimum Gasteiger partial charge on any atom is -0.307 e. The first-order valence-corrected chi connectivity index (χ1v) is 11.0. The number of sulfonamides is 1. The van der Waals surface area contributed by atoms with Crippen LogP contribution in [0, 0.1) is 6.92 Å². The Morgan fingerprint density at radius 2 is 1.86 bits per heavy atom. The molecule has 0 saturated heterocycles. The molecule has 0 radical (unpaired) electrons. The van der Waals surface area contributed by atoms with Crippen molar-refractivity contribution in [3.8, 4) is 0 Å². The smallest absolute Gasteiger partial charge is 0.257 e. The monoisotopic (exact) mass is 404 g/mol. The second-order valence-corrected chi connectivity index (χ2v) is 10.1. The Labute approximate surface area is 166 Å². The first-order chi connectivity index (χ1) is 13.1. The lowest BCUT2D eigenvalue weighted by Gasteiger charge is -2.21. The van der Waals surface area contributed by atoms with Crippen LogP contribution in [0.5, 0.6) is 0 Å². The third-order valence-corrected chi connectivity index (χ3v) is 6.54. The lowest BCUT2D eigenvalue weighted by Crippen LogP contribution is -2.40. The van der Waals surface area contributed by atoms with Crippen LogP contribution in [0.3, 0.4) is 0 Å². The number of carbonyl (C=O) groups is 1. The van der Waals surface area contributed by atoms with Crippen LogP contribution in [0.4, 0.5) is 5.82 Å². The average molecular weight is 405 g/mol. The molecule has 0 unspecified atom stereocenters. The van der Waals surface area contributed by atoms with Crippen molar-refractivity contribution in [3.05, 3.63) is 41.6 Å². The number of aryl methyl sites for hydroxylation is 1. The first-order valence-electron chi connectivity index (χ1n) is 9.56. The first kappa shape index (κ1) is 20.5. The van der Waals surface area contributed by atoms with Crippen LogP contribution < -0.4 is 10.0 Å². The molecule has 1 aliphatic carbocycles. The van der Waals surface area contributed by atoms with E-state index in [-0.39, 0.29) is 10.8 Å². The highest BCUT2D eigenvalue weighted by Gasteiger charge is 2.25. The van der Waals surface area contributed by atoms with Crippen LogP contribution >= 0.6 is 0 Å². The number of nitrogens with zero attached hydrogens (tertiary/aromatic N) is 2. The molecule has 7 nitrogen and oxygen atoms in total. The van der Waals surface area contributed by atoms with E-state index in [1.54, 1.807) is 46.0 Å². The third kappa shape index (κ3) is 4.62. The van der Waals surface area contributed by atoms with Gasteiger partial charge in [-0.05, 0) is 58.2 Å². The number of anilines is 1. The summed E-state index contributed by atoms with van der Waals surface area (Å²) in [4.78, 5) is 13.0. The van der Waals surface area contributed by atoms with Gasteiger partial charge in [-0.2, -0.15) is 5.10 Å². The Hall–Kier alpha value is -2.19. The second kappa shape index (κ2) is 7.67. The molecule has 3 rings (SSSR count). The van der Waals surface area contributed by atoms with Gasteiger partial charge in [0.1, 0.15) is 5.82 Å². The number of benzene rings is 1. The van der Waals surface area contributed by atoms with Crippen LogP contribution in [0.1, 0.15) is 68.4 Å². The van der Waals surface area contributed by atoms with Gasteiger partial charge in [0.2, 0.25) is 10.0 Å². The largest absolute Gasteiger partial charge is 0.307 e. The fourth-order valence-corrected chi connectivity index (χ4v) is 4.96. The van der Waals surface area contributed by atoms with E-state index in [0.29, 0.717) is 23.0 Å². The summed E-state index contributed by atoms with van der Waals surface area (Å²) in [5.41, 5.74) is 0.426. The second-order valence-electron chi connectivity index (χ2n) is 8.39. The number of nitrogens with one attached hydrogen (secondary N) is 2. The molecule has 1 amide bonds. The minimum atomic E-state index is -3.72. The van der Waals surface area contributed by atoms with Crippen LogP contribution in [0.25, 0.3) is 0 Å². The summed E-state index contributed by atoms with van der Waals surface area (Å²) >= 11 is 0. The molecule has 2 N–H and O–H groups in total. The van der Waals surface area contributed by atoms with Gasteiger partial charge in [0.15, 0.2) is 0 Å². The molecule has 0 aliphatic heterocycles. The fourth-order valence-electron chi connectivity index (χ4n) is 3.51. The SMILES string of the molecule is Cc1ccc(S(=O)(=O)NC(C)(C)C)cc1C(=O)Nc1ccnn1C1CCCC1. The van der Waals surface area contributed by atoms with Crippen molar-refractivity contribution in [2.24, 2.45) is 0 Å². The summed E-state index contributed by atoms with van der Waals surface area (Å²) in [6.45, 7) is 7.11. The van der Waals surface area contributed by atoms with Gasteiger partial charge < -0.3 is 5.32 Å². The number of amides is 1. The normalized spacial score (nSPS) is 15.7. The van der Waals surface area contributed by atoms with E-state index in [2.05, 4.69) is 15.1 Å². The predicted molar refractivity (Wildman–Crippen MR) is 109 cm³/mol. The lowest BCUT2D eigenvalue weighted by molar-refractivity contribution is 0.102. The molecule has 1 aliphatic rings. The summed E-state index contributed by atoms with van der Waals surface area (Å²) in [6.07, 6.45) is 6.11. The molecule has 1 aromatic carbocycles. The van der Waals surface area contributed by atoms with Crippen molar-refractivity contribution in [2.45, 2.75) is 69.9 Å². The van der Waals surface area contributed by atoms with E-state index >= 15 is 0 Å². The molecular formula is C20H28N4O3S. The van der Waals surface area contributed by atoms with Gasteiger partial charge in [0.05, 0.1) is 17.1 Å². The maximum atomic E-state index is 12.9. The summed E-state index contributed by atoms with van der Waals surface area (Å²) in [5.74, 6) is 0.294. The Morgan fingerprint density at radius 1 is 1.18 bits per heavy atom. The Morgan fingerprint density at radius 3 is 2.50 bits per heavy atom. The molecule has 28 heavy (non-hydrogen) atoms. The number of hydrogen-bond acceptors (Lipinski definition) is 4. The summed E-state index contributed by atoms with van der Waals surface area (Å²) in [5, 5.41) is 7.26. The molecule has 1 fully saturated rings. The summed E-state index contributed by atoms with van der Waals surface area (Å²) in [7, 11) is -3.72. The van der Waals surface area contributed by atoms with E-state index < -0.39 is 15.6 Å². The van der Waals surface area contributed by atoms with Crippen molar-refractivity contribution in [1.29, 1.82) is 0 Å². The maximum absolute atomic E-state index is 12.9. The van der Waals surface area contributed by atoms with Gasteiger partial charge in [-0.25, -0.2) is 17.8 Å². The number of carbonyl (C=O) groups excluding carboxylic acids is 1. The van der Waals surface area contributed by atoms with Gasteiger partial charge >= 0.3 is 0 Å². The number of hydrogen-bond donors (Lipinski definition) is 2. The Kier molecular flexibility index (Phi) is 5.63. The van der Waals surface area contributed by atoms with Crippen molar-refractivity contribution in [2.75, 3.05) is 5.32 Å². The lowest BCUT2D eigenvalue weighted by atomic mass is 10.1. The number of aromatic nitrogens is 2. The zero-order valence-corrected chi connectivity index (χ0v) is 17.6. The molecule has 152 valence electrons. The molecule has 2 aromatic rings. The fraction of sp³-hybridized carbons (Fsp3) is 0.500. The van der Waals surface area contributed by atoms with Crippen LogP contribution in [-0.2, 0) is 10.0 Å². The molecule has 1 heterocycles. The van der Waals surface area contributed by atoms with Gasteiger partial charge in [-0.1, -0.05) is 18.9 Å². The van der Waals surface area contributed by atoms with E-state index in [1.165, 1.54) is 12.1 Å². The average Bonchev–Trinajstić information content (AvgIpc) is 3.23. The Balaban J connectivity index is 1.86. The van der Waals surface area contributed by atoms with Crippen molar-refractivity contribution in [1.82, 2.24) is 14.5 Å². The van der Waals surface area contributed by atoms with Gasteiger partial charge in [-0.15, -0.1) is 0 Å². The quantitative estimate of drug-likeness (QED) is 0.796. The summed E-state index contributed by atoms with van der Waals surface area (Å²) < 4.78 is 29.7. The van der Waals surface area contributed by atoms with E-state index in [9.17, 15) is 13.2 Å². The maximum Gasteiger partial charge on any atom is 0.257 e. The van der Waals surface area contributed by atoms with Gasteiger partial charge in [0, 0.05) is 17.2 Å². The van der Waals surface area contributed by atoms with Crippen molar-refractivity contribution < 1.29 is 13.2 Å². The zero-order chi connectivity index (χ0) is 20.5. The van der Waals surface area contributed by atoms with Gasteiger partial charge in [-0.3, -0.25) is 4.79 Å². The third-order valence-electron chi connectivity index (χ3n) is 4.79. The van der Waals surface area contributed by atoms with Gasteiger partial charge in [0.25, 0.3) is 5.91 Å². The Bertz CT molecular complexity index is 968.